The molecule has 36 heavy (non-hydrogen) atoms. The molecule has 2 N–H and O–H groups in total. The summed E-state index contributed by atoms with van der Waals surface area (Å²) in [5.41, 5.74) is 2.90. The average Bonchev–Trinajstić information content (AvgIpc) is 3.23. The van der Waals surface area contributed by atoms with Crippen LogP contribution in [0.5, 0.6) is 5.75 Å². The third-order valence-corrected chi connectivity index (χ3v) is 7.27. The van der Waals surface area contributed by atoms with Crippen LogP contribution in [0.1, 0.15) is 62.8 Å². The number of carbonyl (C=O) groups is 1. The smallest absolute Gasteiger partial charge is 0.343 e. The van der Waals surface area contributed by atoms with Crippen molar-refractivity contribution in [2.45, 2.75) is 71.8 Å². The summed E-state index contributed by atoms with van der Waals surface area (Å²) in [4.78, 5) is 30.8. The van der Waals surface area contributed by atoms with Gasteiger partial charge >= 0.3 is 5.97 Å². The van der Waals surface area contributed by atoms with Crippen LogP contribution in [0.25, 0.3) is 22.3 Å². The summed E-state index contributed by atoms with van der Waals surface area (Å²) in [6.45, 7) is 9.85. The van der Waals surface area contributed by atoms with Crippen molar-refractivity contribution in [2.75, 3.05) is 13.2 Å². The van der Waals surface area contributed by atoms with Crippen LogP contribution < -0.4 is 15.6 Å². The molecular weight excluding hydrogens is 458 g/mol. The Labute approximate surface area is 210 Å². The summed E-state index contributed by atoms with van der Waals surface area (Å²) >= 11 is 0. The summed E-state index contributed by atoms with van der Waals surface area (Å²) in [7, 11) is 0. The minimum Gasteiger partial charge on any atom is -0.494 e. The molecule has 0 radical (unpaired) electrons. The minimum absolute atomic E-state index is 0.121. The SMILES string of the molecule is CCc1c2c(nc3ccc(OCCCNC(C)C)cc13)-c1cc3c(c(=O)n1C2)COC(=O)[C@]3(O)CC. The number of rotatable bonds is 8. The predicted octanol–water partition coefficient (Wildman–Crippen LogP) is 3.41. The highest BCUT2D eigenvalue weighted by atomic mass is 16.6. The standard InChI is InChI=1S/C28H33N3O5/c1-5-18-19-12-17(35-11-7-10-29-16(3)4)8-9-23(19)30-25-20(18)14-31-24(25)13-22-21(26(31)32)15-36-27(33)28(22,34)6-2/h8-9,12-13,16,29,34H,5-7,10-11,14-15H2,1-4H3/t28-/m0/s1. The fourth-order valence-electron chi connectivity index (χ4n) is 5.29. The Balaban J connectivity index is 1.55. The largest absolute Gasteiger partial charge is 0.494 e. The van der Waals surface area contributed by atoms with Gasteiger partial charge in [0.2, 0.25) is 0 Å². The molecule has 5 rings (SSSR count). The highest BCUT2D eigenvalue weighted by molar-refractivity contribution is 5.90. The first-order valence-corrected chi connectivity index (χ1v) is 12.8. The van der Waals surface area contributed by atoms with E-state index in [0.29, 0.717) is 36.0 Å². The number of hydrogen-bond acceptors (Lipinski definition) is 7. The zero-order valence-corrected chi connectivity index (χ0v) is 21.3. The minimum atomic E-state index is -1.83. The van der Waals surface area contributed by atoms with Crippen molar-refractivity contribution < 1.29 is 19.4 Å². The van der Waals surface area contributed by atoms with Gasteiger partial charge in [-0.3, -0.25) is 4.79 Å². The fourth-order valence-corrected chi connectivity index (χ4v) is 5.29. The predicted molar refractivity (Wildman–Crippen MR) is 137 cm³/mol. The van der Waals surface area contributed by atoms with Gasteiger partial charge in [-0.2, -0.15) is 0 Å². The van der Waals surface area contributed by atoms with E-state index in [0.717, 1.165) is 52.9 Å². The second kappa shape index (κ2) is 9.33. The number of benzene rings is 1. The van der Waals surface area contributed by atoms with E-state index in [1.807, 2.05) is 18.2 Å². The molecule has 0 fully saturated rings. The maximum absolute atomic E-state index is 13.5. The van der Waals surface area contributed by atoms with Crippen molar-refractivity contribution in [2.24, 2.45) is 0 Å². The lowest BCUT2D eigenvalue weighted by atomic mass is 9.86. The van der Waals surface area contributed by atoms with Gasteiger partial charge in [0.25, 0.3) is 5.56 Å². The summed E-state index contributed by atoms with van der Waals surface area (Å²) in [6.07, 6.45) is 1.81. The van der Waals surface area contributed by atoms with Crippen LogP contribution in [0.4, 0.5) is 0 Å². The van der Waals surface area contributed by atoms with Gasteiger partial charge in [0.15, 0.2) is 5.60 Å². The highest BCUT2D eigenvalue weighted by Gasteiger charge is 2.45. The zero-order chi connectivity index (χ0) is 25.6. The van der Waals surface area contributed by atoms with Crippen molar-refractivity contribution in [3.8, 4) is 17.1 Å². The molecule has 0 saturated carbocycles. The molecule has 0 bridgehead atoms. The van der Waals surface area contributed by atoms with E-state index < -0.39 is 11.6 Å². The lowest BCUT2D eigenvalue weighted by Gasteiger charge is -2.31. The Kier molecular flexibility index (Phi) is 6.34. The van der Waals surface area contributed by atoms with E-state index in [1.165, 1.54) is 0 Å². The van der Waals surface area contributed by atoms with Gasteiger partial charge in [0, 0.05) is 22.6 Å². The Bertz CT molecular complexity index is 1410. The third kappa shape index (κ3) is 3.89. The van der Waals surface area contributed by atoms with Crippen molar-refractivity contribution in [3.05, 3.63) is 56.9 Å². The summed E-state index contributed by atoms with van der Waals surface area (Å²) in [5, 5.41) is 15.5. The first kappa shape index (κ1) is 24.5. The summed E-state index contributed by atoms with van der Waals surface area (Å²) < 4.78 is 12.9. The fraction of sp³-hybridized carbons (Fsp3) is 0.464. The van der Waals surface area contributed by atoms with Crippen LogP contribution in [0.2, 0.25) is 0 Å². The van der Waals surface area contributed by atoms with Gasteiger partial charge in [0.1, 0.15) is 12.4 Å². The zero-order valence-electron chi connectivity index (χ0n) is 21.3. The maximum atomic E-state index is 13.5. The van der Waals surface area contributed by atoms with Crippen molar-refractivity contribution in [1.82, 2.24) is 14.9 Å². The van der Waals surface area contributed by atoms with Gasteiger partial charge in [0.05, 0.1) is 35.6 Å². The number of aromatic nitrogens is 2. The number of hydrogen-bond donors (Lipinski definition) is 2. The van der Waals surface area contributed by atoms with Crippen molar-refractivity contribution >= 4 is 16.9 Å². The number of esters is 1. The molecule has 8 nitrogen and oxygen atoms in total. The highest BCUT2D eigenvalue weighted by Crippen LogP contribution is 2.40. The third-order valence-electron chi connectivity index (χ3n) is 7.27. The Hall–Kier alpha value is -3.23. The number of nitrogens with one attached hydrogen (secondary N) is 1. The molecule has 2 aromatic heterocycles. The monoisotopic (exact) mass is 491 g/mol. The molecule has 4 heterocycles. The molecule has 1 aromatic carbocycles. The second-order valence-corrected chi connectivity index (χ2v) is 9.86. The topological polar surface area (TPSA) is 103 Å². The van der Waals surface area contributed by atoms with Gasteiger partial charge in [-0.1, -0.05) is 27.7 Å². The molecule has 0 spiro atoms. The Morgan fingerprint density at radius 3 is 2.75 bits per heavy atom. The van der Waals surface area contributed by atoms with E-state index in [2.05, 4.69) is 26.1 Å². The maximum Gasteiger partial charge on any atom is 0.343 e. The molecule has 0 saturated heterocycles. The molecule has 1 atom stereocenters. The molecule has 0 aliphatic carbocycles. The quantitative estimate of drug-likeness (QED) is 0.288. The molecule has 190 valence electrons. The van der Waals surface area contributed by atoms with E-state index in [9.17, 15) is 14.7 Å². The van der Waals surface area contributed by atoms with Crippen LogP contribution in [0.15, 0.2) is 29.1 Å². The number of carbonyl (C=O) groups excluding carboxylic acids is 1. The van der Waals surface area contributed by atoms with Crippen LogP contribution in [-0.2, 0) is 34.7 Å². The molecular formula is C28H33N3O5. The van der Waals surface area contributed by atoms with Crippen LogP contribution in [0, 0.1) is 0 Å². The second-order valence-electron chi connectivity index (χ2n) is 9.86. The van der Waals surface area contributed by atoms with Crippen LogP contribution >= 0.6 is 0 Å². The summed E-state index contributed by atoms with van der Waals surface area (Å²) in [6, 6.07) is 8.13. The molecule has 0 amide bonds. The lowest BCUT2D eigenvalue weighted by molar-refractivity contribution is -0.172. The number of aryl methyl sites for hydroxylation is 1. The number of cyclic esters (lactones) is 1. The number of ether oxygens (including phenoxy) is 2. The number of nitrogens with zero attached hydrogens (tertiary/aromatic N) is 2. The van der Waals surface area contributed by atoms with Gasteiger partial charge in [-0.25, -0.2) is 9.78 Å². The first-order valence-electron chi connectivity index (χ1n) is 12.8. The lowest BCUT2D eigenvalue weighted by Crippen LogP contribution is -2.44. The molecule has 2 aliphatic heterocycles. The van der Waals surface area contributed by atoms with Crippen LogP contribution in [0.3, 0.4) is 0 Å². The number of pyridine rings is 2. The first-order chi connectivity index (χ1) is 17.3. The van der Waals surface area contributed by atoms with Crippen LogP contribution in [-0.4, -0.2) is 39.8 Å². The normalized spacial score (nSPS) is 18.2. The van der Waals surface area contributed by atoms with E-state index in [1.54, 1.807) is 17.6 Å². The van der Waals surface area contributed by atoms with E-state index in [4.69, 9.17) is 14.5 Å². The summed E-state index contributed by atoms with van der Waals surface area (Å²) in [5.74, 6) is 0.0867. The van der Waals surface area contributed by atoms with Gasteiger partial charge in [-0.05, 0) is 55.6 Å². The van der Waals surface area contributed by atoms with E-state index in [-0.39, 0.29) is 18.6 Å². The average molecular weight is 492 g/mol. The van der Waals surface area contributed by atoms with Gasteiger partial charge in [-0.15, -0.1) is 0 Å². The molecule has 0 unspecified atom stereocenters. The molecule has 2 aliphatic rings. The van der Waals surface area contributed by atoms with Crippen molar-refractivity contribution in [3.63, 3.8) is 0 Å². The van der Waals surface area contributed by atoms with Crippen molar-refractivity contribution in [1.29, 1.82) is 0 Å². The van der Waals surface area contributed by atoms with Gasteiger partial charge < -0.3 is 24.5 Å². The number of fused-ring (bicyclic) bond motifs is 5. The molecule has 8 heteroatoms. The van der Waals surface area contributed by atoms with E-state index >= 15 is 0 Å². The number of aliphatic hydroxyl groups is 1. The Morgan fingerprint density at radius 2 is 2.03 bits per heavy atom. The molecule has 3 aromatic rings. The Morgan fingerprint density at radius 1 is 1.22 bits per heavy atom.